The number of likely N-dealkylation sites (tertiary alicyclic amines) is 2. The maximum absolute atomic E-state index is 12.0. The predicted molar refractivity (Wildman–Crippen MR) is 67.3 cm³/mol. The molecule has 5 nitrogen and oxygen atoms in total. The fraction of sp³-hybridized carbons (Fsp3) is 0.846. The lowest BCUT2D eigenvalue weighted by Gasteiger charge is -2.27. The van der Waals surface area contributed by atoms with Crippen molar-refractivity contribution in [1.29, 1.82) is 0 Å². The van der Waals surface area contributed by atoms with Crippen LogP contribution in [-0.2, 0) is 9.59 Å². The monoisotopic (exact) mass is 254 g/mol. The molecular formula is C13H22N2O3. The molecule has 1 atom stereocenters. The van der Waals surface area contributed by atoms with Crippen LogP contribution in [0, 0.1) is 0 Å². The van der Waals surface area contributed by atoms with Crippen LogP contribution in [0.1, 0.15) is 38.5 Å². The summed E-state index contributed by atoms with van der Waals surface area (Å²) in [6.07, 6.45) is 5.60. The van der Waals surface area contributed by atoms with Gasteiger partial charge in [0, 0.05) is 19.5 Å². The van der Waals surface area contributed by atoms with Gasteiger partial charge in [-0.15, -0.1) is 0 Å². The van der Waals surface area contributed by atoms with Crippen LogP contribution in [0.5, 0.6) is 0 Å². The van der Waals surface area contributed by atoms with Crippen LogP contribution in [0.15, 0.2) is 0 Å². The van der Waals surface area contributed by atoms with Gasteiger partial charge in [-0.1, -0.05) is 6.42 Å². The van der Waals surface area contributed by atoms with E-state index < -0.39 is 12.0 Å². The van der Waals surface area contributed by atoms with Gasteiger partial charge in [0.1, 0.15) is 6.04 Å². The summed E-state index contributed by atoms with van der Waals surface area (Å²) in [5.74, 6) is -0.857. The van der Waals surface area contributed by atoms with Crippen LogP contribution >= 0.6 is 0 Å². The lowest BCUT2D eigenvalue weighted by atomic mass is 10.1. The Labute approximate surface area is 108 Å². The molecule has 0 spiro atoms. The zero-order chi connectivity index (χ0) is 13.0. The maximum atomic E-state index is 12.0. The minimum atomic E-state index is -0.862. The summed E-state index contributed by atoms with van der Waals surface area (Å²) >= 11 is 0. The number of carboxylic acids is 1. The second kappa shape index (κ2) is 6.18. The van der Waals surface area contributed by atoms with Gasteiger partial charge >= 0.3 is 5.97 Å². The van der Waals surface area contributed by atoms with Crippen LogP contribution in [0.2, 0.25) is 0 Å². The minimum absolute atomic E-state index is 0.00507. The second-order valence-electron chi connectivity index (χ2n) is 5.24. The SMILES string of the molecule is O=C(O)C1CCCN1C(=O)CCN1CCCCC1. The topological polar surface area (TPSA) is 60.9 Å². The van der Waals surface area contributed by atoms with Crippen molar-refractivity contribution in [2.24, 2.45) is 0 Å². The molecule has 0 aromatic heterocycles. The van der Waals surface area contributed by atoms with Crippen molar-refractivity contribution in [1.82, 2.24) is 9.80 Å². The normalized spacial score (nSPS) is 25.3. The first kappa shape index (κ1) is 13.3. The molecular weight excluding hydrogens is 232 g/mol. The van der Waals surface area contributed by atoms with Gasteiger partial charge in [-0.2, -0.15) is 0 Å². The molecule has 2 saturated heterocycles. The number of carboxylic acid groups (broad SMARTS) is 1. The molecule has 0 bridgehead atoms. The van der Waals surface area contributed by atoms with Crippen LogP contribution in [0.4, 0.5) is 0 Å². The van der Waals surface area contributed by atoms with E-state index in [0.717, 1.165) is 26.1 Å². The molecule has 5 heteroatoms. The Bertz CT molecular complexity index is 313. The Morgan fingerprint density at radius 3 is 2.44 bits per heavy atom. The van der Waals surface area contributed by atoms with Crippen molar-refractivity contribution in [2.45, 2.75) is 44.6 Å². The molecule has 0 saturated carbocycles. The molecule has 1 unspecified atom stereocenters. The van der Waals surface area contributed by atoms with E-state index in [1.165, 1.54) is 19.3 Å². The number of rotatable bonds is 4. The van der Waals surface area contributed by atoms with Gasteiger partial charge in [0.25, 0.3) is 0 Å². The first-order valence-electron chi connectivity index (χ1n) is 6.93. The molecule has 0 aliphatic carbocycles. The quantitative estimate of drug-likeness (QED) is 0.811. The fourth-order valence-electron chi connectivity index (χ4n) is 2.90. The number of nitrogens with zero attached hydrogens (tertiary/aromatic N) is 2. The molecule has 2 aliphatic heterocycles. The molecule has 1 amide bonds. The highest BCUT2D eigenvalue weighted by Gasteiger charge is 2.33. The number of piperidine rings is 1. The van der Waals surface area contributed by atoms with Crippen LogP contribution in [0.25, 0.3) is 0 Å². The Hall–Kier alpha value is -1.10. The van der Waals surface area contributed by atoms with Gasteiger partial charge in [-0.3, -0.25) is 4.79 Å². The summed E-state index contributed by atoms with van der Waals surface area (Å²) in [4.78, 5) is 26.9. The third-order valence-electron chi connectivity index (χ3n) is 3.95. The Kier molecular flexibility index (Phi) is 4.58. The lowest BCUT2D eigenvalue weighted by molar-refractivity contribution is -0.148. The van der Waals surface area contributed by atoms with E-state index in [9.17, 15) is 9.59 Å². The van der Waals surface area contributed by atoms with E-state index in [2.05, 4.69) is 4.90 Å². The number of hydrogen-bond donors (Lipinski definition) is 1. The summed E-state index contributed by atoms with van der Waals surface area (Å²) in [6.45, 7) is 3.54. The number of amides is 1. The van der Waals surface area contributed by atoms with Crippen molar-refractivity contribution >= 4 is 11.9 Å². The minimum Gasteiger partial charge on any atom is -0.480 e. The van der Waals surface area contributed by atoms with Gasteiger partial charge in [0.2, 0.25) is 5.91 Å². The molecule has 0 radical (unpaired) electrons. The lowest BCUT2D eigenvalue weighted by Crippen LogP contribution is -2.42. The zero-order valence-electron chi connectivity index (χ0n) is 10.8. The maximum Gasteiger partial charge on any atom is 0.326 e. The van der Waals surface area contributed by atoms with Crippen molar-refractivity contribution < 1.29 is 14.7 Å². The Morgan fingerprint density at radius 2 is 1.78 bits per heavy atom. The third-order valence-corrected chi connectivity index (χ3v) is 3.95. The predicted octanol–water partition coefficient (Wildman–Crippen LogP) is 0.938. The van der Waals surface area contributed by atoms with Gasteiger partial charge in [0.05, 0.1) is 0 Å². The summed E-state index contributed by atoms with van der Waals surface area (Å²) in [5.41, 5.74) is 0. The average molecular weight is 254 g/mol. The second-order valence-corrected chi connectivity index (χ2v) is 5.24. The van der Waals surface area contributed by atoms with Crippen molar-refractivity contribution in [3.05, 3.63) is 0 Å². The Balaban J connectivity index is 1.78. The molecule has 102 valence electrons. The Morgan fingerprint density at radius 1 is 1.06 bits per heavy atom. The first-order valence-corrected chi connectivity index (χ1v) is 6.93. The molecule has 2 rings (SSSR count). The standard InChI is InChI=1S/C13H22N2O3/c16-12(6-10-14-7-2-1-3-8-14)15-9-4-5-11(15)13(17)18/h11H,1-10H2,(H,17,18). The van der Waals surface area contributed by atoms with Crippen molar-refractivity contribution in [2.75, 3.05) is 26.2 Å². The van der Waals surface area contributed by atoms with Gasteiger partial charge in [0.15, 0.2) is 0 Å². The summed E-state index contributed by atoms with van der Waals surface area (Å²) < 4.78 is 0. The summed E-state index contributed by atoms with van der Waals surface area (Å²) in [7, 11) is 0. The molecule has 0 aromatic carbocycles. The van der Waals surface area contributed by atoms with Gasteiger partial charge < -0.3 is 14.9 Å². The van der Waals surface area contributed by atoms with Crippen molar-refractivity contribution in [3.63, 3.8) is 0 Å². The third kappa shape index (κ3) is 3.22. The highest BCUT2D eigenvalue weighted by Crippen LogP contribution is 2.19. The van der Waals surface area contributed by atoms with E-state index in [4.69, 9.17) is 5.11 Å². The number of carbonyl (C=O) groups is 2. The average Bonchev–Trinajstić information content (AvgIpc) is 2.86. The molecule has 2 heterocycles. The molecule has 1 N–H and O–H groups in total. The number of carbonyl (C=O) groups excluding carboxylic acids is 1. The van der Waals surface area contributed by atoms with Gasteiger partial charge in [-0.25, -0.2) is 4.79 Å². The highest BCUT2D eigenvalue weighted by molar-refractivity contribution is 5.84. The number of aliphatic carboxylic acids is 1. The summed E-state index contributed by atoms with van der Waals surface area (Å²) in [5, 5.41) is 9.05. The van der Waals surface area contributed by atoms with E-state index in [1.807, 2.05) is 0 Å². The fourth-order valence-corrected chi connectivity index (χ4v) is 2.90. The van der Waals surface area contributed by atoms with E-state index >= 15 is 0 Å². The van der Waals surface area contributed by atoms with E-state index in [1.54, 1.807) is 4.90 Å². The first-order chi connectivity index (χ1) is 8.68. The van der Waals surface area contributed by atoms with Gasteiger partial charge in [-0.05, 0) is 38.8 Å². The van der Waals surface area contributed by atoms with Crippen LogP contribution in [0.3, 0.4) is 0 Å². The largest absolute Gasteiger partial charge is 0.480 e. The molecule has 2 aliphatic rings. The number of hydrogen-bond acceptors (Lipinski definition) is 3. The van der Waals surface area contributed by atoms with E-state index in [-0.39, 0.29) is 5.91 Å². The summed E-state index contributed by atoms with van der Waals surface area (Å²) in [6, 6.07) is -0.584. The highest BCUT2D eigenvalue weighted by atomic mass is 16.4. The van der Waals surface area contributed by atoms with Crippen molar-refractivity contribution in [3.8, 4) is 0 Å². The molecule has 0 aromatic rings. The van der Waals surface area contributed by atoms with Crippen LogP contribution in [-0.4, -0.2) is 59.0 Å². The zero-order valence-corrected chi connectivity index (χ0v) is 10.8. The molecule has 2 fully saturated rings. The van der Waals surface area contributed by atoms with Crippen LogP contribution < -0.4 is 0 Å². The smallest absolute Gasteiger partial charge is 0.326 e. The molecule has 18 heavy (non-hydrogen) atoms. The van der Waals surface area contributed by atoms with E-state index in [0.29, 0.717) is 19.4 Å².